The third-order valence-electron chi connectivity index (χ3n) is 4.77. The highest BCUT2D eigenvalue weighted by molar-refractivity contribution is 7.91. The molecule has 0 aromatic heterocycles. The number of nitrogens with zero attached hydrogens (tertiary/aromatic N) is 2. The van der Waals surface area contributed by atoms with Crippen LogP contribution in [0.3, 0.4) is 0 Å². The Kier molecular flexibility index (Phi) is 4.50. The molecule has 1 amide bonds. The lowest BCUT2D eigenvalue weighted by Crippen LogP contribution is -2.45. The van der Waals surface area contributed by atoms with Gasteiger partial charge in [-0.15, -0.1) is 0 Å². The van der Waals surface area contributed by atoms with Crippen molar-refractivity contribution in [1.82, 2.24) is 4.90 Å². The minimum Gasteiger partial charge on any atom is -0.360 e. The van der Waals surface area contributed by atoms with Crippen LogP contribution in [-0.2, 0) is 21.1 Å². The van der Waals surface area contributed by atoms with Gasteiger partial charge in [-0.1, -0.05) is 0 Å². The summed E-state index contributed by atoms with van der Waals surface area (Å²) >= 11 is 0. The lowest BCUT2D eigenvalue weighted by molar-refractivity contribution is -0.130. The number of likely N-dealkylation sites (N-methyl/N-ethyl adjacent to an activating group) is 1. The second kappa shape index (κ2) is 6.31. The lowest BCUT2D eigenvalue weighted by Gasteiger charge is -2.33. The van der Waals surface area contributed by atoms with Crippen molar-refractivity contribution < 1.29 is 22.0 Å². The summed E-state index contributed by atoms with van der Waals surface area (Å²) in [4.78, 5) is 15.6. The van der Waals surface area contributed by atoms with Crippen molar-refractivity contribution in [3.8, 4) is 0 Å². The van der Waals surface area contributed by atoms with E-state index in [2.05, 4.69) is 0 Å². The van der Waals surface area contributed by atoms with E-state index in [0.717, 1.165) is 6.07 Å². The van der Waals surface area contributed by atoms with Gasteiger partial charge in [0.2, 0.25) is 5.91 Å². The largest absolute Gasteiger partial charge is 0.360 e. The van der Waals surface area contributed by atoms with Crippen LogP contribution in [0, 0.1) is 11.6 Å². The van der Waals surface area contributed by atoms with Crippen molar-refractivity contribution >= 4 is 21.4 Å². The van der Waals surface area contributed by atoms with Crippen LogP contribution in [0.4, 0.5) is 14.5 Å². The summed E-state index contributed by atoms with van der Waals surface area (Å²) in [5.74, 6) is -1.47. The van der Waals surface area contributed by atoms with Gasteiger partial charge in [-0.2, -0.15) is 0 Å². The minimum absolute atomic E-state index is 0.0224. The second-order valence-corrected chi connectivity index (χ2v) is 8.71. The van der Waals surface area contributed by atoms with Crippen LogP contribution in [0.1, 0.15) is 18.4 Å². The van der Waals surface area contributed by atoms with E-state index in [-0.39, 0.29) is 35.7 Å². The number of hydrogen-bond donors (Lipinski definition) is 0. The summed E-state index contributed by atoms with van der Waals surface area (Å²) < 4.78 is 50.6. The van der Waals surface area contributed by atoms with Gasteiger partial charge in [-0.05, 0) is 30.9 Å². The monoisotopic (exact) mass is 358 g/mol. The molecule has 0 bridgehead atoms. The Labute approximate surface area is 140 Å². The van der Waals surface area contributed by atoms with Crippen molar-refractivity contribution in [2.75, 3.05) is 36.5 Å². The topological polar surface area (TPSA) is 57.7 Å². The summed E-state index contributed by atoms with van der Waals surface area (Å²) in [6.45, 7) is 0.473. The van der Waals surface area contributed by atoms with Gasteiger partial charge >= 0.3 is 0 Å². The maximum Gasteiger partial charge on any atom is 0.242 e. The molecule has 1 atom stereocenters. The first-order valence-electron chi connectivity index (χ1n) is 7.96. The molecule has 2 aliphatic heterocycles. The van der Waals surface area contributed by atoms with Gasteiger partial charge in [0.15, 0.2) is 9.84 Å². The van der Waals surface area contributed by atoms with Crippen molar-refractivity contribution in [2.24, 2.45) is 0 Å². The fraction of sp³-hybridized carbons (Fsp3) is 0.562. The van der Waals surface area contributed by atoms with Gasteiger partial charge in [-0.25, -0.2) is 17.2 Å². The van der Waals surface area contributed by atoms with Crippen LogP contribution in [0.15, 0.2) is 12.1 Å². The summed E-state index contributed by atoms with van der Waals surface area (Å²) in [6.07, 6.45) is 1.72. The zero-order valence-corrected chi connectivity index (χ0v) is 14.3. The number of rotatable bonds is 3. The van der Waals surface area contributed by atoms with E-state index in [9.17, 15) is 22.0 Å². The van der Waals surface area contributed by atoms with Gasteiger partial charge in [-0.3, -0.25) is 4.79 Å². The maximum atomic E-state index is 14.2. The Hall–Kier alpha value is -1.70. The number of halogens is 2. The Morgan fingerprint density at radius 1 is 1.38 bits per heavy atom. The Morgan fingerprint density at radius 3 is 2.79 bits per heavy atom. The highest BCUT2D eigenvalue weighted by atomic mass is 32.2. The maximum absolute atomic E-state index is 14.2. The zero-order chi connectivity index (χ0) is 17.5. The van der Waals surface area contributed by atoms with E-state index in [1.807, 2.05) is 0 Å². The van der Waals surface area contributed by atoms with E-state index < -0.39 is 21.5 Å². The predicted octanol–water partition coefficient (Wildman–Crippen LogP) is 1.36. The Balaban J connectivity index is 1.74. The summed E-state index contributed by atoms with van der Waals surface area (Å²) in [7, 11) is -1.49. The molecule has 0 N–H and O–H groups in total. The molecule has 132 valence electrons. The third-order valence-corrected chi connectivity index (χ3v) is 6.52. The molecule has 0 aliphatic carbocycles. The molecule has 0 spiro atoms. The molecule has 8 heteroatoms. The highest BCUT2D eigenvalue weighted by Crippen LogP contribution is 2.31. The molecule has 1 aromatic carbocycles. The van der Waals surface area contributed by atoms with Crippen LogP contribution in [0.5, 0.6) is 0 Å². The molecule has 0 saturated carbocycles. The quantitative estimate of drug-likeness (QED) is 0.819. The molecule has 0 unspecified atom stereocenters. The number of anilines is 1. The van der Waals surface area contributed by atoms with Crippen LogP contribution in [-0.4, -0.2) is 56.9 Å². The number of aryl methyl sites for hydroxylation is 1. The number of hydrogen-bond acceptors (Lipinski definition) is 4. The third kappa shape index (κ3) is 3.38. The molecule has 1 aromatic rings. The van der Waals surface area contributed by atoms with Crippen molar-refractivity contribution in [2.45, 2.75) is 25.3 Å². The smallest absolute Gasteiger partial charge is 0.242 e. The SMILES string of the molecule is CN(C(=O)CN1CCCc2cc(F)cc(F)c21)[C@@H]1CCS(=O)(=O)C1. The fourth-order valence-corrected chi connectivity index (χ4v) is 5.23. The van der Waals surface area contributed by atoms with Crippen molar-refractivity contribution in [3.63, 3.8) is 0 Å². The predicted molar refractivity (Wildman–Crippen MR) is 86.7 cm³/mol. The Bertz CT molecular complexity index is 767. The average Bonchev–Trinajstić information content (AvgIpc) is 2.86. The van der Waals surface area contributed by atoms with Gasteiger partial charge in [0.25, 0.3) is 0 Å². The molecule has 5 nitrogen and oxygen atoms in total. The normalized spacial score (nSPS) is 22.3. The molecule has 1 fully saturated rings. The summed E-state index contributed by atoms with van der Waals surface area (Å²) in [5, 5.41) is 0. The standard InChI is InChI=1S/C16H20F2N2O3S/c1-19(13-4-6-24(22,23)10-13)15(21)9-20-5-2-3-11-7-12(17)8-14(18)16(11)20/h7-8,13H,2-6,9-10H2,1H3/t13-/m1/s1. The number of carbonyl (C=O) groups excluding carboxylic acids is 1. The Morgan fingerprint density at radius 2 is 2.12 bits per heavy atom. The molecule has 2 aliphatic rings. The molecule has 3 rings (SSSR count). The van der Waals surface area contributed by atoms with Crippen molar-refractivity contribution in [1.29, 1.82) is 0 Å². The van der Waals surface area contributed by atoms with E-state index in [0.29, 0.717) is 31.4 Å². The molecule has 2 heterocycles. The van der Waals surface area contributed by atoms with E-state index in [1.54, 1.807) is 11.9 Å². The number of carbonyl (C=O) groups is 1. The first-order valence-corrected chi connectivity index (χ1v) is 9.78. The number of benzene rings is 1. The molecular formula is C16H20F2N2O3S. The zero-order valence-electron chi connectivity index (χ0n) is 13.5. The highest BCUT2D eigenvalue weighted by Gasteiger charge is 2.33. The van der Waals surface area contributed by atoms with Crippen LogP contribution in [0.25, 0.3) is 0 Å². The molecular weight excluding hydrogens is 338 g/mol. The van der Waals surface area contributed by atoms with Crippen LogP contribution in [0.2, 0.25) is 0 Å². The van der Waals surface area contributed by atoms with Gasteiger partial charge in [0, 0.05) is 25.7 Å². The van der Waals surface area contributed by atoms with E-state index in [1.165, 1.54) is 11.0 Å². The van der Waals surface area contributed by atoms with Crippen LogP contribution >= 0.6 is 0 Å². The first-order chi connectivity index (χ1) is 11.3. The average molecular weight is 358 g/mol. The van der Waals surface area contributed by atoms with Crippen LogP contribution < -0.4 is 4.90 Å². The number of sulfone groups is 1. The lowest BCUT2D eigenvalue weighted by atomic mass is 10.0. The summed E-state index contributed by atoms with van der Waals surface area (Å²) in [5.41, 5.74) is 0.848. The first kappa shape index (κ1) is 17.1. The van der Waals surface area contributed by atoms with Crippen molar-refractivity contribution in [3.05, 3.63) is 29.3 Å². The molecule has 0 radical (unpaired) electrons. The fourth-order valence-electron chi connectivity index (χ4n) is 3.45. The molecule has 24 heavy (non-hydrogen) atoms. The van der Waals surface area contributed by atoms with Gasteiger partial charge in [0.1, 0.15) is 11.6 Å². The summed E-state index contributed by atoms with van der Waals surface area (Å²) in [6, 6.07) is 1.81. The van der Waals surface area contributed by atoms with Gasteiger partial charge in [0.05, 0.1) is 23.7 Å². The number of amides is 1. The van der Waals surface area contributed by atoms with E-state index >= 15 is 0 Å². The number of fused-ring (bicyclic) bond motifs is 1. The minimum atomic E-state index is -3.08. The van der Waals surface area contributed by atoms with E-state index in [4.69, 9.17) is 0 Å². The second-order valence-electron chi connectivity index (χ2n) is 6.48. The van der Waals surface area contributed by atoms with Gasteiger partial charge < -0.3 is 9.80 Å². The molecule has 1 saturated heterocycles.